The smallest absolute Gasteiger partial charge is 0.246 e. The molecule has 86 valence electrons. The lowest BCUT2D eigenvalue weighted by Crippen LogP contribution is -2.32. The Hall–Kier alpha value is -1.75. The van der Waals surface area contributed by atoms with E-state index >= 15 is 0 Å². The first-order chi connectivity index (χ1) is 7.63. The van der Waals surface area contributed by atoms with Gasteiger partial charge in [-0.25, -0.2) is 4.98 Å². The lowest BCUT2D eigenvalue weighted by molar-refractivity contribution is -0.124. The summed E-state index contributed by atoms with van der Waals surface area (Å²) in [6.45, 7) is 1.70. The number of rotatable bonds is 5. The molecule has 0 aromatic carbocycles. The Balaban J connectivity index is 2.50. The molecular weight excluding hydrogens is 208 g/mol. The van der Waals surface area contributed by atoms with Crippen molar-refractivity contribution in [2.24, 2.45) is 0 Å². The zero-order valence-electron chi connectivity index (χ0n) is 9.32. The van der Waals surface area contributed by atoms with Crippen molar-refractivity contribution >= 4 is 11.7 Å². The number of amides is 1. The van der Waals surface area contributed by atoms with E-state index < -0.39 is 0 Å². The van der Waals surface area contributed by atoms with E-state index in [2.05, 4.69) is 15.0 Å². The van der Waals surface area contributed by atoms with Gasteiger partial charge in [-0.15, -0.1) is 0 Å². The number of ketones is 1. The van der Waals surface area contributed by atoms with E-state index in [1.807, 2.05) is 0 Å². The first kappa shape index (κ1) is 12.3. The molecule has 1 N–H and O–H groups in total. The molecule has 0 radical (unpaired) electrons. The maximum absolute atomic E-state index is 11.6. The highest BCUT2D eigenvalue weighted by Gasteiger charge is 2.08. The van der Waals surface area contributed by atoms with Crippen molar-refractivity contribution in [1.29, 1.82) is 0 Å². The van der Waals surface area contributed by atoms with Crippen LogP contribution in [0.4, 0.5) is 0 Å². The van der Waals surface area contributed by atoms with E-state index in [1.165, 1.54) is 7.11 Å². The molecule has 0 aliphatic heterocycles. The molecule has 0 aliphatic rings. The van der Waals surface area contributed by atoms with Gasteiger partial charge in [0.15, 0.2) is 5.78 Å². The number of aryl methyl sites for hydroxylation is 1. The van der Waals surface area contributed by atoms with Crippen LogP contribution >= 0.6 is 0 Å². The summed E-state index contributed by atoms with van der Waals surface area (Å²) < 4.78 is 4.62. The van der Waals surface area contributed by atoms with Gasteiger partial charge in [0.05, 0.1) is 6.54 Å². The number of carbonyl (C=O) groups is 2. The van der Waals surface area contributed by atoms with Crippen molar-refractivity contribution in [2.75, 3.05) is 20.3 Å². The van der Waals surface area contributed by atoms with Gasteiger partial charge in [0.1, 0.15) is 12.3 Å². The standard InChI is InChI=1S/C11H14N2O3/c1-8-4-3-5-9(13-8)10(14)6-12-11(15)7-16-2/h3-5H,6-7H2,1-2H3,(H,12,15). The average molecular weight is 222 g/mol. The fourth-order valence-corrected chi connectivity index (χ4v) is 1.15. The van der Waals surface area contributed by atoms with Crippen molar-refractivity contribution in [3.63, 3.8) is 0 Å². The van der Waals surface area contributed by atoms with Crippen LogP contribution in [0.2, 0.25) is 0 Å². The molecule has 5 nitrogen and oxygen atoms in total. The summed E-state index contributed by atoms with van der Waals surface area (Å²) in [4.78, 5) is 26.7. The summed E-state index contributed by atoms with van der Waals surface area (Å²) in [5.74, 6) is -0.531. The molecule has 0 saturated carbocycles. The third-order valence-electron chi connectivity index (χ3n) is 1.90. The molecule has 0 saturated heterocycles. The fourth-order valence-electron chi connectivity index (χ4n) is 1.15. The van der Waals surface area contributed by atoms with Gasteiger partial charge in [0.2, 0.25) is 5.91 Å². The maximum Gasteiger partial charge on any atom is 0.246 e. The summed E-state index contributed by atoms with van der Waals surface area (Å²) in [6.07, 6.45) is 0. The van der Waals surface area contributed by atoms with Crippen LogP contribution in [0.5, 0.6) is 0 Å². The number of ether oxygens (including phenoxy) is 1. The van der Waals surface area contributed by atoms with E-state index in [9.17, 15) is 9.59 Å². The molecule has 16 heavy (non-hydrogen) atoms. The molecule has 1 aromatic rings. The van der Waals surface area contributed by atoms with E-state index in [0.29, 0.717) is 5.69 Å². The van der Waals surface area contributed by atoms with Gasteiger partial charge in [-0.2, -0.15) is 0 Å². The lowest BCUT2D eigenvalue weighted by atomic mass is 10.2. The van der Waals surface area contributed by atoms with Gasteiger partial charge in [-0.1, -0.05) is 6.07 Å². The number of pyridine rings is 1. The Morgan fingerprint density at radius 2 is 2.19 bits per heavy atom. The molecular formula is C11H14N2O3. The Kier molecular flexibility index (Phi) is 4.60. The van der Waals surface area contributed by atoms with Crippen LogP contribution in [0.1, 0.15) is 16.2 Å². The Bertz CT molecular complexity index is 391. The second-order valence-electron chi connectivity index (χ2n) is 3.30. The number of Topliss-reactive ketones (excluding diaryl/α,β-unsaturated/α-hetero) is 1. The number of aromatic nitrogens is 1. The van der Waals surface area contributed by atoms with E-state index in [-0.39, 0.29) is 24.8 Å². The number of nitrogens with zero attached hydrogens (tertiary/aromatic N) is 1. The third-order valence-corrected chi connectivity index (χ3v) is 1.90. The van der Waals surface area contributed by atoms with Crippen LogP contribution in [-0.4, -0.2) is 36.9 Å². The van der Waals surface area contributed by atoms with E-state index in [0.717, 1.165) is 5.69 Å². The largest absolute Gasteiger partial charge is 0.375 e. The predicted octanol–water partition coefficient (Wildman–Crippen LogP) is 0.335. The zero-order valence-corrected chi connectivity index (χ0v) is 9.32. The van der Waals surface area contributed by atoms with E-state index in [1.54, 1.807) is 25.1 Å². The highest BCUT2D eigenvalue weighted by atomic mass is 16.5. The minimum Gasteiger partial charge on any atom is -0.375 e. The molecule has 0 aliphatic carbocycles. The van der Waals surface area contributed by atoms with E-state index in [4.69, 9.17) is 0 Å². The van der Waals surface area contributed by atoms with Crippen LogP contribution in [0.25, 0.3) is 0 Å². The van der Waals surface area contributed by atoms with Gasteiger partial charge in [-0.3, -0.25) is 9.59 Å². The molecule has 0 spiro atoms. The van der Waals surface area contributed by atoms with Crippen LogP contribution in [0.3, 0.4) is 0 Å². The van der Waals surface area contributed by atoms with Gasteiger partial charge in [-0.05, 0) is 19.1 Å². The minimum absolute atomic E-state index is 0.0471. The summed E-state index contributed by atoms with van der Waals surface area (Å²) in [6, 6.07) is 5.19. The molecule has 1 amide bonds. The predicted molar refractivity (Wildman–Crippen MR) is 58.2 cm³/mol. The SMILES string of the molecule is COCC(=O)NCC(=O)c1cccc(C)n1. The van der Waals surface area contributed by atoms with Gasteiger partial charge < -0.3 is 10.1 Å². The number of methoxy groups -OCH3 is 1. The normalized spacial score (nSPS) is 9.88. The van der Waals surface area contributed by atoms with Crippen molar-refractivity contribution in [2.45, 2.75) is 6.92 Å². The number of carbonyl (C=O) groups excluding carboxylic acids is 2. The van der Waals surface area contributed by atoms with Crippen LogP contribution in [-0.2, 0) is 9.53 Å². The molecule has 0 bridgehead atoms. The highest BCUT2D eigenvalue weighted by molar-refractivity contribution is 5.97. The van der Waals surface area contributed by atoms with Crippen molar-refractivity contribution in [1.82, 2.24) is 10.3 Å². The molecule has 0 atom stereocenters. The van der Waals surface area contributed by atoms with Crippen molar-refractivity contribution in [3.05, 3.63) is 29.6 Å². The molecule has 1 aromatic heterocycles. The molecule has 1 rings (SSSR count). The lowest BCUT2D eigenvalue weighted by Gasteiger charge is -2.03. The molecule has 1 heterocycles. The van der Waals surface area contributed by atoms with Gasteiger partial charge in [0.25, 0.3) is 0 Å². The van der Waals surface area contributed by atoms with Crippen LogP contribution in [0.15, 0.2) is 18.2 Å². The van der Waals surface area contributed by atoms with Gasteiger partial charge in [0, 0.05) is 12.8 Å². The van der Waals surface area contributed by atoms with Crippen LogP contribution in [0, 0.1) is 6.92 Å². The summed E-state index contributed by atoms with van der Waals surface area (Å²) in [5.41, 5.74) is 1.13. The van der Waals surface area contributed by atoms with Crippen molar-refractivity contribution in [3.8, 4) is 0 Å². The summed E-state index contributed by atoms with van der Waals surface area (Å²) >= 11 is 0. The van der Waals surface area contributed by atoms with Crippen LogP contribution < -0.4 is 5.32 Å². The number of hydrogen-bond acceptors (Lipinski definition) is 4. The Morgan fingerprint density at radius 3 is 2.81 bits per heavy atom. The van der Waals surface area contributed by atoms with Crippen molar-refractivity contribution < 1.29 is 14.3 Å². The average Bonchev–Trinajstić information content (AvgIpc) is 2.26. The second kappa shape index (κ2) is 5.97. The fraction of sp³-hybridized carbons (Fsp3) is 0.364. The number of hydrogen-bond donors (Lipinski definition) is 1. The third kappa shape index (κ3) is 3.78. The molecule has 0 unspecified atom stereocenters. The Labute approximate surface area is 93.8 Å². The maximum atomic E-state index is 11.6. The Morgan fingerprint density at radius 1 is 1.44 bits per heavy atom. The topological polar surface area (TPSA) is 68.3 Å². The molecule has 0 fully saturated rings. The second-order valence-corrected chi connectivity index (χ2v) is 3.30. The minimum atomic E-state index is -0.316. The monoisotopic (exact) mass is 222 g/mol. The quantitative estimate of drug-likeness (QED) is 0.729. The first-order valence-corrected chi connectivity index (χ1v) is 4.86. The first-order valence-electron chi connectivity index (χ1n) is 4.86. The summed E-state index contributed by atoms with van der Waals surface area (Å²) in [5, 5.41) is 2.45. The highest BCUT2D eigenvalue weighted by Crippen LogP contribution is 1.98. The summed E-state index contributed by atoms with van der Waals surface area (Å²) in [7, 11) is 1.42. The molecule has 5 heteroatoms. The van der Waals surface area contributed by atoms with Gasteiger partial charge >= 0.3 is 0 Å². The number of nitrogens with one attached hydrogen (secondary N) is 1. The zero-order chi connectivity index (χ0) is 12.0.